The van der Waals surface area contributed by atoms with Crippen molar-refractivity contribution < 1.29 is 4.74 Å². The van der Waals surface area contributed by atoms with Gasteiger partial charge in [-0.05, 0) is 30.5 Å². The van der Waals surface area contributed by atoms with Gasteiger partial charge >= 0.3 is 0 Å². The Kier molecular flexibility index (Phi) is 3.87. The molecule has 96 valence electrons. The third-order valence-electron chi connectivity index (χ3n) is 2.73. The maximum Gasteiger partial charge on any atom is 0.144 e. The highest BCUT2D eigenvalue weighted by atomic mass is 32.1. The number of aromatic nitrogens is 2. The summed E-state index contributed by atoms with van der Waals surface area (Å²) in [7, 11) is 1.67. The number of hydrogen-bond donors (Lipinski definition) is 1. The predicted molar refractivity (Wildman–Crippen MR) is 76.0 cm³/mol. The maximum atomic E-state index is 5.39. The Morgan fingerprint density at radius 2 is 2.06 bits per heavy atom. The molecule has 1 aromatic heterocycles. The normalized spacial score (nSPS) is 10.9. The molecule has 0 aliphatic carbocycles. The minimum atomic E-state index is 0.601. The minimum Gasteiger partial charge on any atom is -0.494 e. The highest BCUT2D eigenvalue weighted by Gasteiger charge is 2.08. The molecular formula is C14H18N2OS. The van der Waals surface area contributed by atoms with Crippen LogP contribution in [0.4, 0.5) is 0 Å². The SMILES string of the molecule is COc1ccccc1-n1[nH]c(CC(C)C)cc1=S. The molecule has 0 atom stereocenters. The van der Waals surface area contributed by atoms with Crippen molar-refractivity contribution in [1.29, 1.82) is 0 Å². The third-order valence-corrected chi connectivity index (χ3v) is 3.03. The van der Waals surface area contributed by atoms with E-state index in [1.807, 2.05) is 35.0 Å². The number of methoxy groups -OCH3 is 1. The first-order valence-electron chi connectivity index (χ1n) is 6.06. The fourth-order valence-corrected chi connectivity index (χ4v) is 2.27. The second kappa shape index (κ2) is 5.40. The molecule has 18 heavy (non-hydrogen) atoms. The fraction of sp³-hybridized carbons (Fsp3) is 0.357. The van der Waals surface area contributed by atoms with Crippen molar-refractivity contribution in [2.24, 2.45) is 5.92 Å². The second-order valence-corrected chi connectivity index (χ2v) is 5.14. The van der Waals surface area contributed by atoms with Crippen molar-refractivity contribution in [2.75, 3.05) is 7.11 Å². The molecule has 0 aliphatic heterocycles. The topological polar surface area (TPSA) is 29.9 Å². The Morgan fingerprint density at radius 1 is 1.33 bits per heavy atom. The van der Waals surface area contributed by atoms with Gasteiger partial charge in [-0.15, -0.1) is 0 Å². The van der Waals surface area contributed by atoms with E-state index in [-0.39, 0.29) is 0 Å². The van der Waals surface area contributed by atoms with Crippen LogP contribution in [0.2, 0.25) is 0 Å². The van der Waals surface area contributed by atoms with Crippen LogP contribution in [0.15, 0.2) is 30.3 Å². The van der Waals surface area contributed by atoms with E-state index < -0.39 is 0 Å². The number of ether oxygens (including phenoxy) is 1. The quantitative estimate of drug-likeness (QED) is 0.851. The van der Waals surface area contributed by atoms with Crippen LogP contribution in [0.3, 0.4) is 0 Å². The molecule has 0 spiro atoms. The monoisotopic (exact) mass is 262 g/mol. The van der Waals surface area contributed by atoms with Gasteiger partial charge in [0.1, 0.15) is 16.1 Å². The van der Waals surface area contributed by atoms with Gasteiger partial charge in [0.15, 0.2) is 0 Å². The molecular weight excluding hydrogens is 244 g/mol. The lowest BCUT2D eigenvalue weighted by molar-refractivity contribution is 0.411. The van der Waals surface area contributed by atoms with Gasteiger partial charge in [-0.25, -0.2) is 4.68 Å². The minimum absolute atomic E-state index is 0.601. The molecule has 4 heteroatoms. The van der Waals surface area contributed by atoms with E-state index >= 15 is 0 Å². The van der Waals surface area contributed by atoms with E-state index in [9.17, 15) is 0 Å². The van der Waals surface area contributed by atoms with Crippen molar-refractivity contribution in [1.82, 2.24) is 9.78 Å². The molecule has 0 saturated carbocycles. The summed E-state index contributed by atoms with van der Waals surface area (Å²) in [4.78, 5) is 0. The molecule has 0 amide bonds. The van der Waals surface area contributed by atoms with Crippen LogP contribution in [-0.2, 0) is 6.42 Å². The van der Waals surface area contributed by atoms with Crippen molar-refractivity contribution in [2.45, 2.75) is 20.3 Å². The lowest BCUT2D eigenvalue weighted by Crippen LogP contribution is -2.01. The van der Waals surface area contributed by atoms with Crippen molar-refractivity contribution in [3.63, 3.8) is 0 Å². The first-order valence-corrected chi connectivity index (χ1v) is 6.47. The molecule has 3 nitrogen and oxygen atoms in total. The third kappa shape index (κ3) is 2.64. The number of benzene rings is 1. The van der Waals surface area contributed by atoms with Crippen molar-refractivity contribution >= 4 is 12.2 Å². The molecule has 0 saturated heterocycles. The van der Waals surface area contributed by atoms with E-state index in [0.29, 0.717) is 5.92 Å². The van der Waals surface area contributed by atoms with E-state index in [4.69, 9.17) is 17.0 Å². The number of nitrogens with one attached hydrogen (secondary N) is 1. The molecule has 0 unspecified atom stereocenters. The summed E-state index contributed by atoms with van der Waals surface area (Å²) in [5.41, 5.74) is 2.10. The largest absolute Gasteiger partial charge is 0.494 e. The van der Waals surface area contributed by atoms with Crippen LogP contribution in [0.5, 0.6) is 5.75 Å². The van der Waals surface area contributed by atoms with Crippen molar-refractivity contribution in [3.05, 3.63) is 40.7 Å². The highest BCUT2D eigenvalue weighted by Crippen LogP contribution is 2.22. The molecule has 1 N–H and O–H groups in total. The van der Waals surface area contributed by atoms with Crippen LogP contribution in [0.25, 0.3) is 5.69 Å². The molecule has 2 aromatic rings. The summed E-state index contributed by atoms with van der Waals surface area (Å²) in [6.07, 6.45) is 0.992. The van der Waals surface area contributed by atoms with Crippen LogP contribution < -0.4 is 4.74 Å². The lowest BCUT2D eigenvalue weighted by Gasteiger charge is -2.09. The maximum absolute atomic E-state index is 5.39. The summed E-state index contributed by atoms with van der Waals surface area (Å²) in [6, 6.07) is 9.86. The standard InChI is InChI=1S/C14H18N2OS/c1-10(2)8-11-9-14(18)16(15-11)12-6-4-5-7-13(12)17-3/h4-7,9-10,15H,8H2,1-3H3. The number of hydrogen-bond acceptors (Lipinski definition) is 2. The zero-order valence-corrected chi connectivity index (χ0v) is 11.8. The van der Waals surface area contributed by atoms with Gasteiger partial charge in [-0.2, -0.15) is 0 Å². The van der Waals surface area contributed by atoms with Gasteiger partial charge in [0.25, 0.3) is 0 Å². The number of para-hydroxylation sites is 2. The van der Waals surface area contributed by atoms with E-state index in [1.54, 1.807) is 7.11 Å². The number of nitrogens with zero attached hydrogens (tertiary/aromatic N) is 1. The Bertz CT molecular complexity index is 583. The van der Waals surface area contributed by atoms with Crippen LogP contribution in [-0.4, -0.2) is 16.9 Å². The second-order valence-electron chi connectivity index (χ2n) is 4.72. The average molecular weight is 262 g/mol. The number of rotatable bonds is 4. The van der Waals surface area contributed by atoms with Crippen molar-refractivity contribution in [3.8, 4) is 11.4 Å². The molecule has 0 radical (unpaired) electrons. The summed E-state index contributed by atoms with van der Waals surface area (Å²) in [5, 5.41) is 3.34. The lowest BCUT2D eigenvalue weighted by atomic mass is 10.1. The summed E-state index contributed by atoms with van der Waals surface area (Å²) in [5.74, 6) is 1.41. The Balaban J connectivity index is 2.44. The highest BCUT2D eigenvalue weighted by molar-refractivity contribution is 7.71. The molecule has 0 aliphatic rings. The van der Waals surface area contributed by atoms with E-state index in [0.717, 1.165) is 28.2 Å². The summed E-state index contributed by atoms with van der Waals surface area (Å²) in [6.45, 7) is 4.38. The molecule has 1 heterocycles. The average Bonchev–Trinajstić information content (AvgIpc) is 2.69. The first kappa shape index (κ1) is 12.9. The smallest absolute Gasteiger partial charge is 0.144 e. The summed E-state index contributed by atoms with van der Waals surface area (Å²) < 4.78 is 8.03. The zero-order valence-electron chi connectivity index (χ0n) is 10.9. The van der Waals surface area contributed by atoms with Gasteiger partial charge in [-0.3, -0.25) is 5.10 Å². The van der Waals surface area contributed by atoms with E-state index in [1.165, 1.54) is 0 Å². The van der Waals surface area contributed by atoms with Gasteiger partial charge in [0, 0.05) is 5.69 Å². The van der Waals surface area contributed by atoms with Crippen LogP contribution in [0, 0.1) is 10.6 Å². The Hall–Kier alpha value is -1.55. The van der Waals surface area contributed by atoms with Gasteiger partial charge in [0.2, 0.25) is 0 Å². The van der Waals surface area contributed by atoms with Gasteiger partial charge < -0.3 is 4.74 Å². The fourth-order valence-electron chi connectivity index (χ4n) is 1.98. The Labute approximate surface area is 112 Å². The van der Waals surface area contributed by atoms with Crippen LogP contribution >= 0.6 is 12.2 Å². The molecule has 1 aromatic carbocycles. The van der Waals surface area contributed by atoms with E-state index in [2.05, 4.69) is 18.9 Å². The Morgan fingerprint density at radius 3 is 2.72 bits per heavy atom. The molecule has 0 fully saturated rings. The number of aromatic amines is 1. The number of H-pyrrole nitrogens is 1. The van der Waals surface area contributed by atoms with Gasteiger partial charge in [-0.1, -0.05) is 38.2 Å². The predicted octanol–water partition coefficient (Wildman–Crippen LogP) is 3.74. The first-order chi connectivity index (χ1) is 8.61. The molecule has 0 bridgehead atoms. The summed E-state index contributed by atoms with van der Waals surface area (Å²) >= 11 is 5.39. The molecule has 2 rings (SSSR count). The van der Waals surface area contributed by atoms with Gasteiger partial charge in [0.05, 0.1) is 7.11 Å². The van der Waals surface area contributed by atoms with Crippen LogP contribution in [0.1, 0.15) is 19.5 Å². The zero-order chi connectivity index (χ0) is 13.1.